The molecule has 8 heteroatoms. The van der Waals surface area contributed by atoms with Gasteiger partial charge in [-0.25, -0.2) is 4.79 Å². The summed E-state index contributed by atoms with van der Waals surface area (Å²) in [6.45, 7) is 2.36. The summed E-state index contributed by atoms with van der Waals surface area (Å²) in [7, 11) is 5.57. The molecule has 0 saturated heterocycles. The Morgan fingerprint density at radius 3 is 2.24 bits per heavy atom. The molecule has 0 aliphatic heterocycles. The van der Waals surface area contributed by atoms with Crippen LogP contribution >= 0.6 is 31.9 Å². The van der Waals surface area contributed by atoms with Crippen molar-refractivity contribution in [3.05, 3.63) is 26.6 Å². The van der Waals surface area contributed by atoms with Gasteiger partial charge in [0.1, 0.15) is 5.75 Å². The highest BCUT2D eigenvalue weighted by atomic mass is 79.9. The number of amides is 1. The zero-order valence-corrected chi connectivity index (χ0v) is 18.1. The van der Waals surface area contributed by atoms with E-state index in [1.165, 1.54) is 6.92 Å². The predicted octanol–water partition coefficient (Wildman–Crippen LogP) is 2.82. The average molecular weight is 481 g/mol. The van der Waals surface area contributed by atoms with Crippen molar-refractivity contribution in [3.63, 3.8) is 0 Å². The Balaban J connectivity index is 2.70. The van der Waals surface area contributed by atoms with E-state index in [9.17, 15) is 14.7 Å². The summed E-state index contributed by atoms with van der Waals surface area (Å²) in [5.41, 5.74) is 1.05. The highest BCUT2D eigenvalue weighted by Crippen LogP contribution is 2.35. The van der Waals surface area contributed by atoms with Crippen LogP contribution in [0.3, 0.4) is 0 Å². The first-order valence-corrected chi connectivity index (χ1v) is 9.50. The van der Waals surface area contributed by atoms with Crippen molar-refractivity contribution in [1.29, 1.82) is 0 Å². The molecular formula is C17H25Br2N2O4+. The molecule has 1 amide bonds. The van der Waals surface area contributed by atoms with Gasteiger partial charge >= 0.3 is 5.97 Å². The summed E-state index contributed by atoms with van der Waals surface area (Å²) in [5, 5.41) is 12.1. The van der Waals surface area contributed by atoms with Gasteiger partial charge in [-0.2, -0.15) is 0 Å². The van der Waals surface area contributed by atoms with E-state index in [1.54, 1.807) is 0 Å². The molecule has 1 aromatic carbocycles. The lowest BCUT2D eigenvalue weighted by atomic mass is 10.1. The normalized spacial score (nSPS) is 12.6. The first-order chi connectivity index (χ1) is 11.5. The number of rotatable bonds is 9. The van der Waals surface area contributed by atoms with Gasteiger partial charge in [0.05, 0.1) is 36.7 Å². The fourth-order valence-corrected chi connectivity index (χ4v) is 3.90. The Kier molecular flexibility index (Phi) is 8.37. The van der Waals surface area contributed by atoms with Crippen LogP contribution in [0, 0.1) is 0 Å². The van der Waals surface area contributed by atoms with E-state index in [0.717, 1.165) is 14.5 Å². The number of benzene rings is 1. The summed E-state index contributed by atoms with van der Waals surface area (Å²) >= 11 is 6.98. The Morgan fingerprint density at radius 1 is 1.24 bits per heavy atom. The smallest absolute Gasteiger partial charge is 0.362 e. The first kappa shape index (κ1) is 21.9. The van der Waals surface area contributed by atoms with E-state index in [0.29, 0.717) is 36.2 Å². The third-order valence-corrected chi connectivity index (χ3v) is 4.88. The highest BCUT2D eigenvalue weighted by Gasteiger charge is 2.31. The molecule has 0 unspecified atom stereocenters. The quantitative estimate of drug-likeness (QED) is 0.533. The third kappa shape index (κ3) is 7.33. The molecule has 0 heterocycles. The van der Waals surface area contributed by atoms with Gasteiger partial charge in [-0.15, -0.1) is 0 Å². The van der Waals surface area contributed by atoms with Crippen molar-refractivity contribution in [1.82, 2.24) is 5.32 Å². The predicted molar refractivity (Wildman–Crippen MR) is 104 cm³/mol. The second-order valence-electron chi connectivity index (χ2n) is 6.73. The topological polar surface area (TPSA) is 75.6 Å². The lowest BCUT2D eigenvalue weighted by Crippen LogP contribution is -2.50. The SMILES string of the molecule is CC(=O)NCCc1cc(Br)c(OCC[C@@H](C(=O)O)[N+](C)(C)C)c(Br)c1. The van der Waals surface area contributed by atoms with Crippen LogP contribution in [-0.2, 0) is 16.0 Å². The van der Waals surface area contributed by atoms with Crippen LogP contribution in [0.15, 0.2) is 21.1 Å². The molecule has 25 heavy (non-hydrogen) atoms. The van der Waals surface area contributed by atoms with Crippen molar-refractivity contribution in [2.24, 2.45) is 0 Å². The van der Waals surface area contributed by atoms with Gasteiger partial charge in [-0.05, 0) is 56.0 Å². The number of hydrogen-bond acceptors (Lipinski definition) is 3. The molecule has 0 spiro atoms. The fourth-order valence-electron chi connectivity index (χ4n) is 2.39. The second-order valence-corrected chi connectivity index (χ2v) is 8.44. The minimum atomic E-state index is -0.831. The lowest BCUT2D eigenvalue weighted by molar-refractivity contribution is -0.887. The highest BCUT2D eigenvalue weighted by molar-refractivity contribution is 9.11. The number of aliphatic carboxylic acids is 1. The van der Waals surface area contributed by atoms with Crippen molar-refractivity contribution in [2.75, 3.05) is 34.3 Å². The minimum Gasteiger partial charge on any atom is -0.491 e. The van der Waals surface area contributed by atoms with Crippen LogP contribution in [0.4, 0.5) is 0 Å². The number of nitrogens with one attached hydrogen (secondary N) is 1. The van der Waals surface area contributed by atoms with Gasteiger partial charge in [-0.3, -0.25) is 4.79 Å². The van der Waals surface area contributed by atoms with Crippen molar-refractivity contribution >= 4 is 43.7 Å². The van der Waals surface area contributed by atoms with E-state index >= 15 is 0 Å². The van der Waals surface area contributed by atoms with E-state index < -0.39 is 12.0 Å². The molecule has 1 atom stereocenters. The average Bonchev–Trinajstić information content (AvgIpc) is 2.43. The van der Waals surface area contributed by atoms with Crippen LogP contribution < -0.4 is 10.1 Å². The standard InChI is InChI=1S/C17H24Br2N2O4/c1-11(22)20-7-5-12-9-13(18)16(14(19)10-12)25-8-6-15(17(23)24)21(2,3)4/h9-10,15H,5-8H2,1-4H3,(H-,20,22,23,24)/p+1/t15-/m0/s1. The number of carbonyl (C=O) groups is 2. The maximum Gasteiger partial charge on any atom is 0.362 e. The molecule has 1 aromatic rings. The maximum atomic E-state index is 11.4. The molecule has 6 nitrogen and oxygen atoms in total. The Labute approximate surface area is 165 Å². The van der Waals surface area contributed by atoms with E-state index in [2.05, 4.69) is 37.2 Å². The number of carbonyl (C=O) groups excluding carboxylic acids is 1. The largest absolute Gasteiger partial charge is 0.491 e. The van der Waals surface area contributed by atoms with Gasteiger partial charge in [0.15, 0.2) is 6.04 Å². The summed E-state index contributed by atoms with van der Waals surface area (Å²) in [5.74, 6) is -0.236. The third-order valence-electron chi connectivity index (χ3n) is 3.70. The maximum absolute atomic E-state index is 11.4. The minimum absolute atomic E-state index is 0.0525. The molecule has 1 rings (SSSR count). The number of carboxylic acids is 1. The number of ether oxygens (including phenoxy) is 1. The molecule has 0 aliphatic carbocycles. The molecule has 0 radical (unpaired) electrons. The number of hydrogen-bond donors (Lipinski definition) is 2. The van der Waals surface area contributed by atoms with Gasteiger partial charge in [0.25, 0.3) is 0 Å². The van der Waals surface area contributed by atoms with Crippen LogP contribution in [0.2, 0.25) is 0 Å². The summed E-state index contributed by atoms with van der Waals surface area (Å²) in [6.07, 6.45) is 1.11. The van der Waals surface area contributed by atoms with Gasteiger partial charge in [0.2, 0.25) is 5.91 Å². The van der Waals surface area contributed by atoms with Gasteiger partial charge < -0.3 is 19.6 Å². The Bertz CT molecular complexity index is 607. The van der Waals surface area contributed by atoms with Crippen LogP contribution in [0.1, 0.15) is 18.9 Å². The monoisotopic (exact) mass is 479 g/mol. The van der Waals surface area contributed by atoms with E-state index in [4.69, 9.17) is 4.74 Å². The molecule has 0 saturated carbocycles. The summed E-state index contributed by atoms with van der Waals surface area (Å²) < 4.78 is 7.72. The molecule has 140 valence electrons. The van der Waals surface area contributed by atoms with Crippen molar-refractivity contribution in [2.45, 2.75) is 25.8 Å². The second kappa shape index (κ2) is 9.54. The van der Waals surface area contributed by atoms with E-state index in [1.807, 2.05) is 33.3 Å². The van der Waals surface area contributed by atoms with Crippen molar-refractivity contribution < 1.29 is 23.9 Å². The molecule has 0 aromatic heterocycles. The number of quaternary nitrogens is 1. The van der Waals surface area contributed by atoms with Crippen LogP contribution in [0.5, 0.6) is 5.75 Å². The van der Waals surface area contributed by atoms with Gasteiger partial charge in [0, 0.05) is 19.9 Å². The van der Waals surface area contributed by atoms with Crippen LogP contribution in [-0.4, -0.2) is 61.8 Å². The van der Waals surface area contributed by atoms with Gasteiger partial charge in [-0.1, -0.05) is 0 Å². The molecule has 2 N–H and O–H groups in total. The summed E-state index contributed by atoms with van der Waals surface area (Å²) in [4.78, 5) is 22.3. The number of likely N-dealkylation sites (N-methyl/N-ethyl adjacent to an activating group) is 1. The first-order valence-electron chi connectivity index (χ1n) is 7.91. The molecule has 0 bridgehead atoms. The Morgan fingerprint density at radius 2 is 1.80 bits per heavy atom. The molecule has 0 aliphatic rings. The molecule has 0 fully saturated rings. The molecular weight excluding hydrogens is 456 g/mol. The zero-order chi connectivity index (χ0) is 19.2. The van der Waals surface area contributed by atoms with Crippen LogP contribution in [0.25, 0.3) is 0 Å². The number of carboxylic acid groups (broad SMARTS) is 1. The summed E-state index contributed by atoms with van der Waals surface area (Å²) in [6, 6.07) is 3.35. The number of nitrogens with zero attached hydrogens (tertiary/aromatic N) is 1. The lowest BCUT2D eigenvalue weighted by Gasteiger charge is -2.31. The zero-order valence-electron chi connectivity index (χ0n) is 14.9. The fraction of sp³-hybridized carbons (Fsp3) is 0.529. The number of halogens is 2. The van der Waals surface area contributed by atoms with E-state index in [-0.39, 0.29) is 5.91 Å². The van der Waals surface area contributed by atoms with Crippen molar-refractivity contribution in [3.8, 4) is 5.75 Å². The Hall–Kier alpha value is -1.12.